The van der Waals surface area contributed by atoms with E-state index in [1.54, 1.807) is 60.7 Å². The summed E-state index contributed by atoms with van der Waals surface area (Å²) in [6.07, 6.45) is -1.47. The lowest BCUT2D eigenvalue weighted by molar-refractivity contribution is -0.142. The molecule has 3 aromatic rings. The summed E-state index contributed by atoms with van der Waals surface area (Å²) in [4.78, 5) is 37.3. The van der Waals surface area contributed by atoms with Crippen LogP contribution in [0.15, 0.2) is 60.7 Å². The van der Waals surface area contributed by atoms with Gasteiger partial charge in [-0.2, -0.15) is 0 Å². The van der Waals surface area contributed by atoms with E-state index < -0.39 is 70.9 Å². The zero-order chi connectivity index (χ0) is 27.1. The van der Waals surface area contributed by atoms with Crippen molar-refractivity contribution >= 4 is 17.8 Å². The van der Waals surface area contributed by atoms with Crippen LogP contribution in [0, 0.1) is 29.1 Å². The van der Waals surface area contributed by atoms with Crippen molar-refractivity contribution in [3.63, 3.8) is 0 Å². The number of carbonyl (C=O) groups is 3. The van der Waals surface area contributed by atoms with Gasteiger partial charge in [0.2, 0.25) is 17.6 Å². The van der Waals surface area contributed by atoms with Crippen LogP contribution in [0.5, 0.6) is 0 Å². The van der Waals surface area contributed by atoms with E-state index in [2.05, 4.69) is 10.6 Å². The highest BCUT2D eigenvalue weighted by atomic mass is 19.2. The van der Waals surface area contributed by atoms with Crippen molar-refractivity contribution in [3.8, 4) is 0 Å². The highest BCUT2D eigenvalue weighted by molar-refractivity contribution is 5.91. The van der Waals surface area contributed by atoms with Crippen LogP contribution in [-0.4, -0.2) is 35.0 Å². The minimum Gasteiger partial charge on any atom is -0.480 e. The normalized spacial score (nSPS) is 12.5. The summed E-state index contributed by atoms with van der Waals surface area (Å²) in [5, 5.41) is 14.1. The molecule has 3 N–H and O–H groups in total. The van der Waals surface area contributed by atoms with Crippen molar-refractivity contribution in [2.75, 3.05) is 0 Å². The van der Waals surface area contributed by atoms with Gasteiger partial charge < -0.3 is 15.7 Å². The monoisotopic (exact) mass is 520 g/mol. The average molecular weight is 520 g/mol. The first-order chi connectivity index (χ1) is 17.6. The molecular formula is C26H21F5N2O4. The Morgan fingerprint density at radius 3 is 1.54 bits per heavy atom. The van der Waals surface area contributed by atoms with E-state index in [4.69, 9.17) is 0 Å². The zero-order valence-corrected chi connectivity index (χ0v) is 19.1. The molecule has 0 aliphatic carbocycles. The summed E-state index contributed by atoms with van der Waals surface area (Å²) in [5.41, 5.74) is -0.195. The van der Waals surface area contributed by atoms with Crippen molar-refractivity contribution in [1.29, 1.82) is 0 Å². The Morgan fingerprint density at radius 1 is 0.649 bits per heavy atom. The SMILES string of the molecule is O=C(Cc1c(F)c(F)c(F)c(F)c1F)N[C@@H](Cc1ccccc1)C(=O)N[C@@H](Cc1ccccc1)C(=O)O. The van der Waals surface area contributed by atoms with Crippen molar-refractivity contribution in [3.05, 3.63) is 106 Å². The van der Waals surface area contributed by atoms with Gasteiger partial charge in [0.1, 0.15) is 12.1 Å². The lowest BCUT2D eigenvalue weighted by atomic mass is 10.0. The van der Waals surface area contributed by atoms with E-state index in [1.807, 2.05) is 0 Å². The first kappa shape index (κ1) is 27.3. The molecule has 0 radical (unpaired) electrons. The second-order valence-corrected chi connectivity index (χ2v) is 8.12. The number of hydrogen-bond acceptors (Lipinski definition) is 3. The van der Waals surface area contributed by atoms with Gasteiger partial charge in [-0.1, -0.05) is 60.7 Å². The summed E-state index contributed by atoms with van der Waals surface area (Å²) in [6.45, 7) is 0. The van der Waals surface area contributed by atoms with Crippen molar-refractivity contribution < 1.29 is 41.4 Å². The van der Waals surface area contributed by atoms with E-state index in [0.717, 1.165) is 0 Å². The molecule has 3 rings (SSSR count). The minimum absolute atomic E-state index is 0.0710. The number of carboxylic acid groups (broad SMARTS) is 1. The molecule has 0 aliphatic heterocycles. The molecule has 0 fully saturated rings. The maximum absolute atomic E-state index is 14.0. The number of benzene rings is 3. The van der Waals surface area contributed by atoms with Crippen LogP contribution in [0.3, 0.4) is 0 Å². The zero-order valence-electron chi connectivity index (χ0n) is 19.1. The molecule has 0 heterocycles. The van der Waals surface area contributed by atoms with Crippen LogP contribution in [0.25, 0.3) is 0 Å². The Labute approximate surface area is 208 Å². The molecule has 11 heteroatoms. The number of carbonyl (C=O) groups excluding carboxylic acids is 2. The maximum Gasteiger partial charge on any atom is 0.326 e. The number of hydrogen-bond donors (Lipinski definition) is 3. The van der Waals surface area contributed by atoms with E-state index in [0.29, 0.717) is 11.1 Å². The number of nitrogens with one attached hydrogen (secondary N) is 2. The number of halogens is 5. The highest BCUT2D eigenvalue weighted by Crippen LogP contribution is 2.23. The van der Waals surface area contributed by atoms with Crippen molar-refractivity contribution in [2.24, 2.45) is 0 Å². The third kappa shape index (κ3) is 6.90. The van der Waals surface area contributed by atoms with Gasteiger partial charge in [-0.25, -0.2) is 26.7 Å². The molecule has 0 aromatic heterocycles. The summed E-state index contributed by atoms with van der Waals surface area (Å²) < 4.78 is 68.4. The lowest BCUT2D eigenvalue weighted by Gasteiger charge is -2.22. The van der Waals surface area contributed by atoms with Crippen LogP contribution in [0.4, 0.5) is 22.0 Å². The Balaban J connectivity index is 1.82. The van der Waals surface area contributed by atoms with Gasteiger partial charge in [-0.15, -0.1) is 0 Å². The van der Waals surface area contributed by atoms with Crippen LogP contribution in [0.1, 0.15) is 16.7 Å². The Kier molecular flexibility index (Phi) is 8.94. The molecule has 0 unspecified atom stereocenters. The predicted molar refractivity (Wildman–Crippen MR) is 122 cm³/mol. The van der Waals surface area contributed by atoms with Crippen molar-refractivity contribution in [2.45, 2.75) is 31.3 Å². The molecule has 6 nitrogen and oxygen atoms in total. The molecule has 2 amide bonds. The number of rotatable bonds is 10. The molecule has 0 spiro atoms. The number of amides is 2. The average Bonchev–Trinajstić information content (AvgIpc) is 2.89. The summed E-state index contributed by atoms with van der Waals surface area (Å²) in [6, 6.07) is 13.9. The largest absolute Gasteiger partial charge is 0.480 e. The molecule has 194 valence electrons. The van der Waals surface area contributed by atoms with Gasteiger partial charge in [0.15, 0.2) is 23.3 Å². The molecule has 2 atom stereocenters. The molecule has 0 saturated heterocycles. The highest BCUT2D eigenvalue weighted by Gasteiger charge is 2.30. The van der Waals surface area contributed by atoms with Gasteiger partial charge in [-0.05, 0) is 11.1 Å². The standard InChI is InChI=1S/C26H21F5N2O4/c27-20-16(21(28)23(30)24(31)22(20)29)13-19(34)32-17(11-14-7-3-1-4-8-14)25(35)33-18(26(36)37)12-15-9-5-2-6-10-15/h1-10,17-18H,11-13H2,(H,32,34)(H,33,35)(H,36,37)/t17-,18-/m0/s1. The van der Waals surface area contributed by atoms with Crippen LogP contribution < -0.4 is 10.6 Å². The fraction of sp³-hybridized carbons (Fsp3) is 0.192. The molecular weight excluding hydrogens is 499 g/mol. The smallest absolute Gasteiger partial charge is 0.326 e. The third-order valence-electron chi connectivity index (χ3n) is 5.47. The van der Waals surface area contributed by atoms with Gasteiger partial charge in [0.05, 0.1) is 6.42 Å². The molecule has 0 saturated carbocycles. The van der Waals surface area contributed by atoms with E-state index >= 15 is 0 Å². The van der Waals surface area contributed by atoms with Crippen molar-refractivity contribution in [1.82, 2.24) is 10.6 Å². The fourth-order valence-electron chi connectivity index (χ4n) is 3.59. The first-order valence-corrected chi connectivity index (χ1v) is 11.0. The number of carboxylic acids is 1. The van der Waals surface area contributed by atoms with Gasteiger partial charge in [-0.3, -0.25) is 9.59 Å². The minimum atomic E-state index is -2.36. The Morgan fingerprint density at radius 2 is 1.08 bits per heavy atom. The van der Waals surface area contributed by atoms with E-state index in [9.17, 15) is 41.4 Å². The molecule has 37 heavy (non-hydrogen) atoms. The lowest BCUT2D eigenvalue weighted by Crippen LogP contribution is -2.53. The van der Waals surface area contributed by atoms with Crippen LogP contribution in [0.2, 0.25) is 0 Å². The maximum atomic E-state index is 14.0. The Hall–Kier alpha value is -4.28. The summed E-state index contributed by atoms with van der Waals surface area (Å²) in [7, 11) is 0. The first-order valence-electron chi connectivity index (χ1n) is 11.0. The van der Waals surface area contributed by atoms with Gasteiger partial charge in [0.25, 0.3) is 0 Å². The second kappa shape index (κ2) is 12.1. The summed E-state index contributed by atoms with van der Waals surface area (Å²) in [5.74, 6) is -14.6. The second-order valence-electron chi connectivity index (χ2n) is 8.12. The van der Waals surface area contributed by atoms with E-state index in [1.165, 1.54) is 0 Å². The van der Waals surface area contributed by atoms with Gasteiger partial charge >= 0.3 is 5.97 Å². The van der Waals surface area contributed by atoms with Gasteiger partial charge in [0, 0.05) is 18.4 Å². The quantitative estimate of drug-likeness (QED) is 0.217. The Bertz CT molecular complexity index is 1260. The van der Waals surface area contributed by atoms with Crippen LogP contribution >= 0.6 is 0 Å². The predicted octanol–water partition coefficient (Wildman–Crippen LogP) is 3.46. The molecule has 3 aromatic carbocycles. The summed E-state index contributed by atoms with van der Waals surface area (Å²) >= 11 is 0. The fourth-order valence-corrected chi connectivity index (χ4v) is 3.59. The van der Waals surface area contributed by atoms with Crippen LogP contribution in [-0.2, 0) is 33.6 Å². The topological polar surface area (TPSA) is 95.5 Å². The molecule has 0 aliphatic rings. The number of aliphatic carboxylic acids is 1. The third-order valence-corrected chi connectivity index (χ3v) is 5.47. The molecule has 0 bridgehead atoms. The van der Waals surface area contributed by atoms with E-state index in [-0.39, 0.29) is 12.8 Å².